The molecule has 3 fully saturated rings. The van der Waals surface area contributed by atoms with Gasteiger partial charge < -0.3 is 9.84 Å². The van der Waals surface area contributed by atoms with E-state index in [4.69, 9.17) is 9.84 Å². The summed E-state index contributed by atoms with van der Waals surface area (Å²) >= 11 is 0. The fourth-order valence-electron chi connectivity index (χ4n) is 4.94. The number of tetrazole rings is 1. The summed E-state index contributed by atoms with van der Waals surface area (Å²) in [5, 5.41) is 19.4. The number of hydrogen-bond donors (Lipinski definition) is 1. The van der Waals surface area contributed by atoms with Gasteiger partial charge in [0.1, 0.15) is 18.0 Å². The first-order valence-electron chi connectivity index (χ1n) is 9.67. The summed E-state index contributed by atoms with van der Waals surface area (Å²) in [5.74, 6) is -2.07. The Morgan fingerprint density at radius 1 is 1.18 bits per heavy atom. The summed E-state index contributed by atoms with van der Waals surface area (Å²) in [4.78, 5) is 0. The smallest absolute Gasteiger partial charge is 0.372 e. The Balaban J connectivity index is 1.69. The summed E-state index contributed by atoms with van der Waals surface area (Å²) in [6.07, 6.45) is -7.65. The van der Waals surface area contributed by atoms with E-state index in [0.29, 0.717) is 6.07 Å². The second kappa shape index (κ2) is 7.39. The van der Waals surface area contributed by atoms with Crippen LogP contribution in [-0.2, 0) is 16.9 Å². The summed E-state index contributed by atoms with van der Waals surface area (Å²) in [7, 11) is 0.946. The van der Waals surface area contributed by atoms with Crippen LogP contribution < -0.4 is 0 Å². The van der Waals surface area contributed by atoms with Gasteiger partial charge in [-0.15, -0.1) is 5.10 Å². The van der Waals surface area contributed by atoms with Gasteiger partial charge in [-0.1, -0.05) is 11.8 Å². The first kappa shape index (κ1) is 23.4. The Kier molecular flexibility index (Phi) is 5.25. The molecule has 0 aliphatic heterocycles. The largest absolute Gasteiger partial charge is 0.425 e. The molecule has 0 spiro atoms. The third-order valence-electron chi connectivity index (χ3n) is 6.48. The molecule has 1 aromatic heterocycles. The van der Waals surface area contributed by atoms with Gasteiger partial charge in [0, 0.05) is 29.6 Å². The maximum atomic E-state index is 16.2. The quantitative estimate of drug-likeness (QED) is 0.510. The van der Waals surface area contributed by atoms with Gasteiger partial charge in [-0.2, -0.15) is 13.2 Å². The second-order valence-corrected chi connectivity index (χ2v) is 8.54. The van der Waals surface area contributed by atoms with Crippen LogP contribution in [0.15, 0.2) is 24.5 Å². The zero-order valence-corrected chi connectivity index (χ0v) is 17.0. The van der Waals surface area contributed by atoms with Crippen LogP contribution in [0.2, 0.25) is 0 Å². The van der Waals surface area contributed by atoms with Crippen LogP contribution in [0, 0.1) is 34.3 Å². The van der Waals surface area contributed by atoms with Crippen molar-refractivity contribution in [2.45, 2.75) is 49.6 Å². The van der Waals surface area contributed by atoms with Crippen LogP contribution in [0.3, 0.4) is 0 Å². The number of halogens is 7. The van der Waals surface area contributed by atoms with Crippen LogP contribution in [0.25, 0.3) is 0 Å². The van der Waals surface area contributed by atoms with E-state index in [1.807, 2.05) is 0 Å². The Hall–Kier alpha value is -2.72. The summed E-state index contributed by atoms with van der Waals surface area (Å²) in [6.45, 7) is -0.723. The molecule has 6 nitrogen and oxygen atoms in total. The molecule has 2 bridgehead atoms. The van der Waals surface area contributed by atoms with E-state index in [-0.39, 0.29) is 19.3 Å². The predicted molar refractivity (Wildman–Crippen MR) is 96.4 cm³/mol. The highest BCUT2D eigenvalue weighted by atomic mass is 19.4. The monoisotopic (exact) mass is 478 g/mol. The Bertz CT molecular complexity index is 1090. The highest BCUT2D eigenvalue weighted by Crippen LogP contribution is 2.80. The Morgan fingerprint density at radius 3 is 2.36 bits per heavy atom. The maximum Gasteiger partial charge on any atom is 0.425 e. The van der Waals surface area contributed by atoms with Crippen molar-refractivity contribution in [1.29, 1.82) is 0 Å². The first-order valence-corrected chi connectivity index (χ1v) is 9.67. The van der Waals surface area contributed by atoms with E-state index < -0.39 is 58.4 Å². The van der Waals surface area contributed by atoms with Gasteiger partial charge in [0.05, 0.1) is 6.54 Å². The van der Waals surface area contributed by atoms with Gasteiger partial charge in [0.15, 0.2) is 5.60 Å². The lowest BCUT2D eigenvalue weighted by atomic mass is 9.32. The summed E-state index contributed by atoms with van der Waals surface area (Å²) < 4.78 is 104. The fraction of sp³-hybridized carbons (Fsp3) is 0.550. The number of aliphatic hydroxyl groups excluding tert-OH is 1. The molecule has 0 saturated heterocycles. The van der Waals surface area contributed by atoms with Crippen molar-refractivity contribution in [2.24, 2.45) is 10.8 Å². The number of alkyl halides is 5. The summed E-state index contributed by atoms with van der Waals surface area (Å²) in [5.41, 5.74) is -6.14. The molecule has 3 aliphatic rings. The van der Waals surface area contributed by atoms with Crippen molar-refractivity contribution in [3.63, 3.8) is 0 Å². The molecule has 178 valence electrons. The number of ether oxygens (including phenoxy) is 1. The van der Waals surface area contributed by atoms with Crippen molar-refractivity contribution in [1.82, 2.24) is 20.2 Å². The average Bonchev–Trinajstić information content (AvgIpc) is 3.16. The topological polar surface area (TPSA) is 73.1 Å². The minimum absolute atomic E-state index is 0.284. The van der Waals surface area contributed by atoms with Gasteiger partial charge in [0.25, 0.3) is 5.92 Å². The fourth-order valence-corrected chi connectivity index (χ4v) is 4.94. The normalized spacial score (nSPS) is 26.9. The minimum atomic E-state index is -4.95. The standard InChI is InChI=1S/C20H17F7N4O2/c1-33-18(10-31-11-28-29-30-31,13-3-2-12(21)6-14(13)22)20(26,27)17-7-16(8-17,9-17)5-4-15(32)19(23,24)25/h2-3,6,11,15,32H,7-10H2,1H3/t15?,16?,17?,18-/m1/s1. The molecule has 33 heavy (non-hydrogen) atoms. The van der Waals surface area contributed by atoms with E-state index in [1.54, 1.807) is 5.92 Å². The van der Waals surface area contributed by atoms with Crippen molar-refractivity contribution in [3.8, 4) is 11.8 Å². The molecule has 3 saturated carbocycles. The van der Waals surface area contributed by atoms with Gasteiger partial charge >= 0.3 is 6.18 Å². The van der Waals surface area contributed by atoms with Gasteiger partial charge in [-0.25, -0.2) is 22.2 Å². The molecule has 13 heteroatoms. The highest BCUT2D eigenvalue weighted by molar-refractivity contribution is 5.39. The molecule has 0 radical (unpaired) electrons. The molecule has 2 atom stereocenters. The van der Waals surface area contributed by atoms with Crippen molar-refractivity contribution in [2.75, 3.05) is 7.11 Å². The number of aromatic nitrogens is 4. The predicted octanol–water partition coefficient (Wildman–Crippen LogP) is 3.23. The zero-order valence-electron chi connectivity index (χ0n) is 17.0. The van der Waals surface area contributed by atoms with E-state index >= 15 is 8.78 Å². The van der Waals surface area contributed by atoms with Crippen LogP contribution in [0.1, 0.15) is 24.8 Å². The van der Waals surface area contributed by atoms with E-state index in [2.05, 4.69) is 21.4 Å². The molecule has 3 aliphatic carbocycles. The van der Waals surface area contributed by atoms with E-state index in [0.717, 1.165) is 30.3 Å². The number of rotatable bonds is 6. The zero-order chi connectivity index (χ0) is 24.3. The lowest BCUT2D eigenvalue weighted by Crippen LogP contribution is -2.74. The molecule has 1 aromatic carbocycles. The first-order chi connectivity index (χ1) is 15.3. The molecule has 0 amide bonds. The lowest BCUT2D eigenvalue weighted by molar-refractivity contribution is -0.360. The molecular formula is C20H17F7N4O2. The van der Waals surface area contributed by atoms with Crippen LogP contribution >= 0.6 is 0 Å². The molecular weight excluding hydrogens is 461 g/mol. The van der Waals surface area contributed by atoms with Gasteiger partial charge in [-0.05, 0) is 41.8 Å². The van der Waals surface area contributed by atoms with Gasteiger partial charge in [-0.3, -0.25) is 0 Å². The number of hydrogen-bond acceptors (Lipinski definition) is 5. The lowest BCUT2D eigenvalue weighted by Gasteiger charge is -2.72. The van der Waals surface area contributed by atoms with Crippen LogP contribution in [0.4, 0.5) is 30.7 Å². The molecule has 1 heterocycles. The van der Waals surface area contributed by atoms with Crippen LogP contribution in [0.5, 0.6) is 0 Å². The van der Waals surface area contributed by atoms with E-state index in [9.17, 15) is 22.0 Å². The highest BCUT2D eigenvalue weighted by Gasteiger charge is 2.82. The molecule has 2 aromatic rings. The van der Waals surface area contributed by atoms with Gasteiger partial charge in [0.2, 0.25) is 6.10 Å². The maximum absolute atomic E-state index is 16.2. The van der Waals surface area contributed by atoms with Crippen molar-refractivity contribution < 1.29 is 40.6 Å². The second-order valence-electron chi connectivity index (χ2n) is 8.54. The number of nitrogens with zero attached hydrogens (tertiary/aromatic N) is 4. The third-order valence-corrected chi connectivity index (χ3v) is 6.48. The minimum Gasteiger partial charge on any atom is -0.372 e. The number of methoxy groups -OCH3 is 1. The molecule has 1 N–H and O–H groups in total. The number of aliphatic hydroxyl groups is 1. The SMILES string of the molecule is CO[C@](Cn1cnnn1)(c1ccc(F)cc1F)C(F)(F)C12CC(C#CC(O)C(F)(F)F)(C1)C2. The van der Waals surface area contributed by atoms with Crippen LogP contribution in [-0.4, -0.2) is 50.6 Å². The average molecular weight is 478 g/mol. The third kappa shape index (κ3) is 3.47. The van der Waals surface area contributed by atoms with E-state index in [1.165, 1.54) is 0 Å². The Labute approximate surface area is 182 Å². The van der Waals surface area contributed by atoms with Crippen molar-refractivity contribution >= 4 is 0 Å². The molecule has 5 rings (SSSR count). The Morgan fingerprint density at radius 2 is 1.85 bits per heavy atom. The number of benzene rings is 1. The molecule has 1 unspecified atom stereocenters. The summed E-state index contributed by atoms with van der Waals surface area (Å²) in [6, 6.07) is 2.12. The van der Waals surface area contributed by atoms with Crippen molar-refractivity contribution in [3.05, 3.63) is 41.7 Å².